The number of aromatic nitrogens is 1. The third kappa shape index (κ3) is 6.77. The second-order valence-electron chi connectivity index (χ2n) is 7.85. The van der Waals surface area contributed by atoms with Gasteiger partial charge >= 0.3 is 0 Å². The van der Waals surface area contributed by atoms with E-state index in [0.717, 1.165) is 37.8 Å². The number of hydrogen-bond acceptors (Lipinski definition) is 4. The third-order valence-corrected chi connectivity index (χ3v) is 5.86. The number of nitrogens with zero attached hydrogens (tertiary/aromatic N) is 3. The standard InChI is InChI=1S/C21H33ClN6O/c1-2-23-21(26-12-11-24-19(29)14-16-6-3-4-7-16)27-17-9-13-28(15-17)20-18(22)8-5-10-25-20/h5,8,10,16-17H,2-4,6-7,9,11-15H2,1H3,(H,24,29)(H2,23,26,27). The van der Waals surface area contributed by atoms with Crippen LogP contribution in [-0.2, 0) is 4.79 Å². The van der Waals surface area contributed by atoms with E-state index in [1.54, 1.807) is 6.20 Å². The number of carbonyl (C=O) groups excluding carboxylic acids is 1. The average molecular weight is 421 g/mol. The molecule has 1 aliphatic heterocycles. The van der Waals surface area contributed by atoms with Crippen LogP contribution in [0.15, 0.2) is 23.3 Å². The first-order valence-electron chi connectivity index (χ1n) is 10.8. The van der Waals surface area contributed by atoms with Gasteiger partial charge in [0.05, 0.1) is 11.6 Å². The van der Waals surface area contributed by atoms with Gasteiger partial charge in [-0.1, -0.05) is 24.4 Å². The van der Waals surface area contributed by atoms with Gasteiger partial charge in [0, 0.05) is 44.8 Å². The summed E-state index contributed by atoms with van der Waals surface area (Å²) in [5.41, 5.74) is 0. The summed E-state index contributed by atoms with van der Waals surface area (Å²) in [6.45, 7) is 5.72. The lowest BCUT2D eigenvalue weighted by Crippen LogP contribution is -2.45. The van der Waals surface area contributed by atoms with Crippen LogP contribution in [0, 0.1) is 5.92 Å². The van der Waals surface area contributed by atoms with Crippen molar-refractivity contribution in [2.75, 3.05) is 37.6 Å². The van der Waals surface area contributed by atoms with E-state index in [-0.39, 0.29) is 11.9 Å². The number of hydrogen-bond donors (Lipinski definition) is 3. The van der Waals surface area contributed by atoms with Crippen molar-refractivity contribution in [3.05, 3.63) is 23.4 Å². The van der Waals surface area contributed by atoms with Crippen LogP contribution in [0.5, 0.6) is 0 Å². The molecule has 1 aromatic rings. The molecular formula is C21H33ClN6O. The van der Waals surface area contributed by atoms with E-state index in [2.05, 4.69) is 37.8 Å². The summed E-state index contributed by atoms with van der Waals surface area (Å²) < 4.78 is 0. The number of nitrogens with one attached hydrogen (secondary N) is 3. The van der Waals surface area contributed by atoms with Gasteiger partial charge in [0.25, 0.3) is 0 Å². The lowest BCUT2D eigenvalue weighted by Gasteiger charge is -2.20. The largest absolute Gasteiger partial charge is 0.357 e. The lowest BCUT2D eigenvalue weighted by molar-refractivity contribution is -0.121. The summed E-state index contributed by atoms with van der Waals surface area (Å²) in [6, 6.07) is 4.00. The van der Waals surface area contributed by atoms with Crippen molar-refractivity contribution < 1.29 is 4.79 Å². The molecule has 3 rings (SSSR count). The molecule has 0 bridgehead atoms. The molecule has 1 saturated heterocycles. The lowest BCUT2D eigenvalue weighted by atomic mass is 10.0. The molecule has 2 fully saturated rings. The molecule has 1 unspecified atom stereocenters. The Bertz CT molecular complexity index is 692. The fraction of sp³-hybridized carbons (Fsp3) is 0.667. The molecular weight excluding hydrogens is 388 g/mol. The maximum Gasteiger partial charge on any atom is 0.220 e. The topological polar surface area (TPSA) is 81.6 Å². The van der Waals surface area contributed by atoms with Gasteiger partial charge in [-0.15, -0.1) is 0 Å². The van der Waals surface area contributed by atoms with E-state index < -0.39 is 0 Å². The zero-order valence-corrected chi connectivity index (χ0v) is 18.0. The van der Waals surface area contributed by atoms with Crippen LogP contribution in [0.2, 0.25) is 5.02 Å². The number of halogens is 1. The molecule has 1 atom stereocenters. The number of rotatable bonds is 8. The van der Waals surface area contributed by atoms with Gasteiger partial charge in [-0.05, 0) is 44.2 Å². The summed E-state index contributed by atoms with van der Waals surface area (Å²) >= 11 is 6.28. The molecule has 2 aliphatic rings. The average Bonchev–Trinajstić information content (AvgIpc) is 3.38. The van der Waals surface area contributed by atoms with Crippen LogP contribution >= 0.6 is 11.6 Å². The minimum absolute atomic E-state index is 0.156. The molecule has 0 spiro atoms. The van der Waals surface area contributed by atoms with E-state index in [4.69, 9.17) is 11.6 Å². The molecule has 7 nitrogen and oxygen atoms in total. The van der Waals surface area contributed by atoms with Crippen molar-refractivity contribution in [3.63, 3.8) is 0 Å². The summed E-state index contributed by atoms with van der Waals surface area (Å²) in [6.07, 6.45) is 8.36. The molecule has 0 radical (unpaired) electrons. The van der Waals surface area contributed by atoms with Crippen molar-refractivity contribution in [2.24, 2.45) is 10.9 Å². The number of carbonyl (C=O) groups is 1. The Morgan fingerprint density at radius 3 is 2.90 bits per heavy atom. The van der Waals surface area contributed by atoms with Crippen molar-refractivity contribution in [3.8, 4) is 0 Å². The quantitative estimate of drug-likeness (QED) is 0.342. The number of aliphatic imine (C=N–C) groups is 1. The van der Waals surface area contributed by atoms with Crippen molar-refractivity contribution in [2.45, 2.75) is 51.5 Å². The molecule has 0 aromatic carbocycles. The van der Waals surface area contributed by atoms with Crippen molar-refractivity contribution in [1.82, 2.24) is 20.9 Å². The fourth-order valence-corrected chi connectivity index (χ4v) is 4.35. The molecule has 1 saturated carbocycles. The maximum atomic E-state index is 12.0. The minimum atomic E-state index is 0.156. The summed E-state index contributed by atoms with van der Waals surface area (Å²) in [5, 5.41) is 10.5. The van der Waals surface area contributed by atoms with E-state index in [1.165, 1.54) is 25.7 Å². The van der Waals surface area contributed by atoms with Crippen molar-refractivity contribution >= 4 is 29.3 Å². The molecule has 1 aliphatic carbocycles. The molecule has 2 heterocycles. The van der Waals surface area contributed by atoms with Crippen LogP contribution in [-0.4, -0.2) is 55.6 Å². The molecule has 8 heteroatoms. The minimum Gasteiger partial charge on any atom is -0.357 e. The highest BCUT2D eigenvalue weighted by Crippen LogP contribution is 2.27. The van der Waals surface area contributed by atoms with Crippen LogP contribution in [0.4, 0.5) is 5.82 Å². The number of guanidine groups is 1. The summed E-state index contributed by atoms with van der Waals surface area (Å²) in [4.78, 5) is 23.3. The number of anilines is 1. The van der Waals surface area contributed by atoms with Gasteiger partial charge in [-0.2, -0.15) is 0 Å². The monoisotopic (exact) mass is 420 g/mol. The zero-order valence-electron chi connectivity index (χ0n) is 17.3. The third-order valence-electron chi connectivity index (χ3n) is 5.56. The highest BCUT2D eigenvalue weighted by Gasteiger charge is 2.25. The first-order chi connectivity index (χ1) is 14.2. The maximum absolute atomic E-state index is 12.0. The predicted octanol–water partition coefficient (Wildman–Crippen LogP) is 2.57. The highest BCUT2D eigenvalue weighted by atomic mass is 35.5. The summed E-state index contributed by atoms with van der Waals surface area (Å²) in [5.74, 6) is 2.36. The smallest absolute Gasteiger partial charge is 0.220 e. The van der Waals surface area contributed by atoms with Crippen molar-refractivity contribution in [1.29, 1.82) is 0 Å². The second kappa shape index (κ2) is 11.2. The summed E-state index contributed by atoms with van der Waals surface area (Å²) in [7, 11) is 0. The Hall–Kier alpha value is -2.02. The SMILES string of the molecule is CCNC(=NCCNC(=O)CC1CCCC1)NC1CCN(c2ncccc2Cl)C1. The van der Waals surface area contributed by atoms with Crippen LogP contribution < -0.4 is 20.9 Å². The highest BCUT2D eigenvalue weighted by molar-refractivity contribution is 6.32. The number of pyridine rings is 1. The van der Waals surface area contributed by atoms with Crippen LogP contribution in [0.25, 0.3) is 0 Å². The molecule has 160 valence electrons. The Balaban J connectivity index is 1.42. The number of amides is 1. The van der Waals surface area contributed by atoms with E-state index in [1.807, 2.05) is 12.1 Å². The normalized spacial score (nSPS) is 20.1. The van der Waals surface area contributed by atoms with E-state index in [9.17, 15) is 4.79 Å². The Kier molecular flexibility index (Phi) is 8.40. The van der Waals surface area contributed by atoms with Gasteiger partial charge in [0.2, 0.25) is 5.91 Å². The molecule has 3 N–H and O–H groups in total. The van der Waals surface area contributed by atoms with Crippen LogP contribution in [0.1, 0.15) is 45.4 Å². The Morgan fingerprint density at radius 1 is 1.31 bits per heavy atom. The Labute approximate surface area is 178 Å². The van der Waals surface area contributed by atoms with Gasteiger partial charge in [-0.3, -0.25) is 9.79 Å². The van der Waals surface area contributed by atoms with Crippen LogP contribution in [0.3, 0.4) is 0 Å². The fourth-order valence-electron chi connectivity index (χ4n) is 4.11. The van der Waals surface area contributed by atoms with Gasteiger partial charge in [0.1, 0.15) is 5.82 Å². The molecule has 1 amide bonds. The van der Waals surface area contributed by atoms with Gasteiger partial charge in [-0.25, -0.2) is 4.98 Å². The van der Waals surface area contributed by atoms with Gasteiger partial charge < -0.3 is 20.9 Å². The van der Waals surface area contributed by atoms with E-state index in [0.29, 0.717) is 30.5 Å². The first kappa shape index (κ1) is 21.7. The Morgan fingerprint density at radius 2 is 2.14 bits per heavy atom. The second-order valence-corrected chi connectivity index (χ2v) is 8.26. The first-order valence-corrected chi connectivity index (χ1v) is 11.2. The van der Waals surface area contributed by atoms with E-state index >= 15 is 0 Å². The molecule has 29 heavy (non-hydrogen) atoms. The predicted molar refractivity (Wildman–Crippen MR) is 119 cm³/mol. The molecule has 1 aromatic heterocycles. The zero-order chi connectivity index (χ0) is 20.5. The van der Waals surface area contributed by atoms with Gasteiger partial charge in [0.15, 0.2) is 5.96 Å².